The summed E-state index contributed by atoms with van der Waals surface area (Å²) in [5, 5.41) is 3.52. The summed E-state index contributed by atoms with van der Waals surface area (Å²) in [6.07, 6.45) is 6.59. The third-order valence-corrected chi connectivity index (χ3v) is 3.26. The summed E-state index contributed by atoms with van der Waals surface area (Å²) < 4.78 is 0. The van der Waals surface area contributed by atoms with Crippen LogP contribution in [0.3, 0.4) is 0 Å². The van der Waals surface area contributed by atoms with E-state index < -0.39 is 0 Å². The predicted octanol–water partition coefficient (Wildman–Crippen LogP) is 2.50. The monoisotopic (exact) mass is 179 g/mol. The predicted molar refractivity (Wildman–Crippen MR) is 61.3 cm³/mol. The van der Waals surface area contributed by atoms with Crippen molar-refractivity contribution in [1.29, 1.82) is 0 Å². The van der Waals surface area contributed by atoms with Gasteiger partial charge in [-0.3, -0.25) is 0 Å². The van der Waals surface area contributed by atoms with Gasteiger partial charge in [0.15, 0.2) is 0 Å². The van der Waals surface area contributed by atoms with E-state index in [2.05, 4.69) is 25.7 Å². The second-order valence-corrected chi connectivity index (χ2v) is 4.23. The maximum absolute atomic E-state index is 4.00. The van der Waals surface area contributed by atoms with Gasteiger partial charge < -0.3 is 5.32 Å². The Morgan fingerprint density at radius 3 is 2.69 bits per heavy atom. The molecule has 1 N–H and O–H groups in total. The number of rotatable bonds is 4. The Hall–Kier alpha value is -0.395. The largest absolute Gasteiger partial charge is 0.394 e. The second-order valence-electron chi connectivity index (χ2n) is 4.23. The van der Waals surface area contributed by atoms with E-state index in [1.165, 1.54) is 38.6 Å². The summed E-state index contributed by atoms with van der Waals surface area (Å²) >= 11 is 0. The van der Waals surface area contributed by atoms with Crippen LogP contribution in [0, 0.1) is 5.92 Å². The third kappa shape index (κ3) is 3.45. The fraction of sp³-hybridized carbons (Fsp3) is 0.818. The highest BCUT2D eigenvalue weighted by molar-refractivity contribution is 6.38. The Bertz CT molecular complexity index is 159. The Kier molecular flexibility index (Phi) is 4.40. The summed E-state index contributed by atoms with van der Waals surface area (Å²) in [5.41, 5.74) is 1.21. The van der Waals surface area contributed by atoms with E-state index >= 15 is 0 Å². The fourth-order valence-corrected chi connectivity index (χ4v) is 2.11. The van der Waals surface area contributed by atoms with Crippen LogP contribution in [-0.2, 0) is 0 Å². The lowest BCUT2D eigenvalue weighted by Crippen LogP contribution is -2.37. The van der Waals surface area contributed by atoms with Crippen LogP contribution >= 0.6 is 0 Å². The second kappa shape index (κ2) is 5.36. The molecule has 74 valence electrons. The van der Waals surface area contributed by atoms with E-state index in [9.17, 15) is 0 Å². The molecule has 0 amide bonds. The average Bonchev–Trinajstić information content (AvgIpc) is 2.19. The van der Waals surface area contributed by atoms with Crippen LogP contribution in [0.5, 0.6) is 0 Å². The summed E-state index contributed by atoms with van der Waals surface area (Å²) in [4.78, 5) is 0. The zero-order chi connectivity index (χ0) is 9.68. The lowest BCUT2D eigenvalue weighted by Gasteiger charge is -2.28. The van der Waals surface area contributed by atoms with Gasteiger partial charge in [-0.2, -0.15) is 0 Å². The molecule has 0 aliphatic carbocycles. The van der Waals surface area contributed by atoms with Crippen LogP contribution in [0.25, 0.3) is 0 Å². The van der Waals surface area contributed by atoms with E-state index in [-0.39, 0.29) is 0 Å². The van der Waals surface area contributed by atoms with Gasteiger partial charge >= 0.3 is 0 Å². The van der Waals surface area contributed by atoms with Gasteiger partial charge in [0.05, 0.1) is 0 Å². The molecule has 2 unspecified atom stereocenters. The highest BCUT2D eigenvalue weighted by atomic mass is 14.9. The first-order valence-electron chi connectivity index (χ1n) is 5.70. The molecule has 0 saturated carbocycles. The van der Waals surface area contributed by atoms with Crippen molar-refractivity contribution in [3.05, 3.63) is 12.3 Å². The standard InChI is InChI=1S/C11H22BN/c1-4-9(3)13-11-7-6-10(5-2)8-12-11/h10-13H,3-8H2,1-2H3. The topological polar surface area (TPSA) is 12.0 Å². The molecule has 0 aromatic carbocycles. The summed E-state index contributed by atoms with van der Waals surface area (Å²) in [5.74, 6) is 1.71. The molecule has 1 saturated heterocycles. The molecule has 0 radical (unpaired) electrons. The molecule has 0 aromatic heterocycles. The van der Waals surface area contributed by atoms with Crippen molar-refractivity contribution in [2.75, 3.05) is 0 Å². The molecule has 13 heavy (non-hydrogen) atoms. The van der Waals surface area contributed by atoms with Gasteiger partial charge in [-0.25, -0.2) is 0 Å². The van der Waals surface area contributed by atoms with Crippen molar-refractivity contribution < 1.29 is 0 Å². The van der Waals surface area contributed by atoms with E-state index in [4.69, 9.17) is 0 Å². The normalized spacial score (nSPS) is 27.8. The van der Waals surface area contributed by atoms with Crippen LogP contribution in [0.15, 0.2) is 12.3 Å². The lowest BCUT2D eigenvalue weighted by molar-refractivity contribution is 0.443. The molecular weight excluding hydrogens is 157 g/mol. The molecule has 0 bridgehead atoms. The van der Waals surface area contributed by atoms with Gasteiger partial charge in [-0.15, -0.1) is 0 Å². The molecule has 1 fully saturated rings. The molecule has 1 aliphatic heterocycles. The average molecular weight is 179 g/mol. The molecule has 1 heterocycles. The van der Waals surface area contributed by atoms with Gasteiger partial charge in [-0.1, -0.05) is 33.2 Å². The molecule has 2 atom stereocenters. The van der Waals surface area contributed by atoms with Crippen LogP contribution in [0.1, 0.15) is 39.5 Å². The summed E-state index contributed by atoms with van der Waals surface area (Å²) in [7, 11) is 1.34. The Labute approximate surface area is 83.2 Å². The van der Waals surface area contributed by atoms with Crippen LogP contribution in [-0.4, -0.2) is 13.2 Å². The number of allylic oxidation sites excluding steroid dienone is 1. The third-order valence-electron chi connectivity index (χ3n) is 3.26. The quantitative estimate of drug-likeness (QED) is 0.654. The smallest absolute Gasteiger partial charge is 0.149 e. The van der Waals surface area contributed by atoms with Crippen molar-refractivity contribution >= 4 is 7.28 Å². The summed E-state index contributed by atoms with van der Waals surface area (Å²) in [6.45, 7) is 8.46. The van der Waals surface area contributed by atoms with Gasteiger partial charge in [0.1, 0.15) is 7.28 Å². The fourth-order valence-electron chi connectivity index (χ4n) is 2.11. The number of hydrogen-bond donors (Lipinski definition) is 1. The molecule has 1 rings (SSSR count). The Morgan fingerprint density at radius 2 is 2.23 bits per heavy atom. The van der Waals surface area contributed by atoms with E-state index in [0.717, 1.165) is 18.3 Å². The molecular formula is C11H22BN. The first-order chi connectivity index (χ1) is 6.26. The van der Waals surface area contributed by atoms with Crippen LogP contribution in [0.4, 0.5) is 0 Å². The molecule has 0 aromatic rings. The first-order valence-corrected chi connectivity index (χ1v) is 5.70. The zero-order valence-electron chi connectivity index (χ0n) is 9.10. The number of hydrogen-bond acceptors (Lipinski definition) is 1. The first kappa shape index (κ1) is 10.7. The van der Waals surface area contributed by atoms with Crippen LogP contribution < -0.4 is 5.32 Å². The Morgan fingerprint density at radius 1 is 1.46 bits per heavy atom. The maximum atomic E-state index is 4.00. The van der Waals surface area contributed by atoms with Crippen molar-refractivity contribution in [2.45, 2.75) is 51.8 Å². The number of nitrogens with one attached hydrogen (secondary N) is 1. The van der Waals surface area contributed by atoms with Crippen molar-refractivity contribution in [3.8, 4) is 0 Å². The minimum absolute atomic E-state index is 0.718. The summed E-state index contributed by atoms with van der Waals surface area (Å²) in [6, 6.07) is 0. The van der Waals surface area contributed by atoms with Crippen molar-refractivity contribution in [3.63, 3.8) is 0 Å². The molecule has 1 aliphatic rings. The van der Waals surface area contributed by atoms with Gasteiger partial charge in [0.25, 0.3) is 0 Å². The minimum atomic E-state index is 0.718. The van der Waals surface area contributed by atoms with Gasteiger partial charge in [-0.05, 0) is 31.1 Å². The molecule has 1 nitrogen and oxygen atoms in total. The maximum Gasteiger partial charge on any atom is 0.149 e. The van der Waals surface area contributed by atoms with Crippen molar-refractivity contribution in [2.24, 2.45) is 5.92 Å². The van der Waals surface area contributed by atoms with Gasteiger partial charge in [0, 0.05) is 5.70 Å². The van der Waals surface area contributed by atoms with E-state index in [1.54, 1.807) is 0 Å². The van der Waals surface area contributed by atoms with Crippen LogP contribution in [0.2, 0.25) is 6.32 Å². The van der Waals surface area contributed by atoms with Crippen molar-refractivity contribution in [1.82, 2.24) is 5.32 Å². The van der Waals surface area contributed by atoms with Gasteiger partial charge in [0.2, 0.25) is 0 Å². The highest BCUT2D eigenvalue weighted by Crippen LogP contribution is 2.23. The van der Waals surface area contributed by atoms with E-state index in [1.807, 2.05) is 0 Å². The minimum Gasteiger partial charge on any atom is -0.394 e. The molecule has 0 spiro atoms. The lowest BCUT2D eigenvalue weighted by atomic mass is 9.56. The highest BCUT2D eigenvalue weighted by Gasteiger charge is 2.20. The van der Waals surface area contributed by atoms with E-state index in [0.29, 0.717) is 0 Å². The zero-order valence-corrected chi connectivity index (χ0v) is 9.10. The SMILES string of the molecule is C=C(CC)NC1BCC(CC)CC1. The Balaban J connectivity index is 2.21. The molecule has 2 heteroatoms.